The topological polar surface area (TPSA) is 59.1 Å². The molecule has 1 fully saturated rings. The fourth-order valence-electron chi connectivity index (χ4n) is 3.60. The average Bonchev–Trinajstić information content (AvgIpc) is 3.15. The van der Waals surface area contributed by atoms with Crippen LogP contribution in [-0.4, -0.2) is 48.8 Å². The molecule has 1 N–H and O–H groups in total. The van der Waals surface area contributed by atoms with E-state index in [1.54, 1.807) is 10.9 Å². The van der Waals surface area contributed by atoms with Crippen molar-refractivity contribution in [3.05, 3.63) is 35.4 Å². The number of aromatic nitrogens is 4. The number of rotatable bonds is 5. The van der Waals surface area contributed by atoms with E-state index in [1.807, 2.05) is 24.0 Å². The van der Waals surface area contributed by atoms with E-state index in [9.17, 15) is 5.11 Å². The van der Waals surface area contributed by atoms with Crippen LogP contribution in [0.4, 0.5) is 0 Å². The van der Waals surface area contributed by atoms with Crippen molar-refractivity contribution in [2.24, 2.45) is 7.05 Å². The number of nitrogens with zero attached hydrogens (tertiary/aromatic N) is 5. The number of hydrogen-bond donors (Lipinski definition) is 1. The van der Waals surface area contributed by atoms with Crippen molar-refractivity contribution < 1.29 is 5.11 Å². The van der Waals surface area contributed by atoms with E-state index in [1.165, 1.54) is 17.7 Å². The smallest absolute Gasteiger partial charge is 0.0862 e. The van der Waals surface area contributed by atoms with Gasteiger partial charge in [-0.25, -0.2) is 0 Å². The number of aryl methyl sites for hydroxylation is 2. The molecule has 0 saturated carbocycles. The quantitative estimate of drug-likeness (QED) is 0.908. The molecule has 1 saturated heterocycles. The fraction of sp³-hybridized carbons (Fsp3) is 0.625. The van der Waals surface area contributed by atoms with Gasteiger partial charge in [0.15, 0.2) is 0 Å². The Morgan fingerprint density at radius 2 is 2.18 bits per heavy atom. The van der Waals surface area contributed by atoms with Gasteiger partial charge in [0.05, 0.1) is 18.3 Å². The third kappa shape index (κ3) is 2.94. The summed E-state index contributed by atoms with van der Waals surface area (Å²) < 4.78 is 3.75. The highest BCUT2D eigenvalue weighted by molar-refractivity contribution is 5.29. The van der Waals surface area contributed by atoms with Crippen LogP contribution in [0.5, 0.6) is 0 Å². The van der Waals surface area contributed by atoms with Gasteiger partial charge >= 0.3 is 0 Å². The Balaban J connectivity index is 1.70. The van der Waals surface area contributed by atoms with Gasteiger partial charge in [0.2, 0.25) is 0 Å². The Hall–Kier alpha value is -1.66. The standard InChI is InChI=1S/C16H25N5O/c1-12-16(13(2)19(3)18-12)15-6-4-8-20(15)10-14(22)11-21-9-5-7-17-21/h5,7,9,14-15,22H,4,6,8,10-11H2,1-3H3/t14-,15+/m0/s1. The summed E-state index contributed by atoms with van der Waals surface area (Å²) in [5, 5.41) is 19.1. The molecule has 0 radical (unpaired) electrons. The second-order valence-corrected chi connectivity index (χ2v) is 6.24. The van der Waals surface area contributed by atoms with Gasteiger partial charge in [-0.2, -0.15) is 10.2 Å². The van der Waals surface area contributed by atoms with Crippen LogP contribution in [0.25, 0.3) is 0 Å². The summed E-state index contributed by atoms with van der Waals surface area (Å²) in [7, 11) is 2.00. The summed E-state index contributed by atoms with van der Waals surface area (Å²) in [5.41, 5.74) is 3.68. The fourth-order valence-corrected chi connectivity index (χ4v) is 3.60. The maximum absolute atomic E-state index is 10.4. The summed E-state index contributed by atoms with van der Waals surface area (Å²) in [6, 6.07) is 2.26. The minimum Gasteiger partial charge on any atom is -0.390 e. The first-order valence-electron chi connectivity index (χ1n) is 7.96. The van der Waals surface area contributed by atoms with E-state index in [0.29, 0.717) is 19.1 Å². The van der Waals surface area contributed by atoms with Crippen LogP contribution in [0.15, 0.2) is 18.5 Å². The molecule has 1 aliphatic heterocycles. The Labute approximate surface area is 131 Å². The maximum Gasteiger partial charge on any atom is 0.0862 e. The lowest BCUT2D eigenvalue weighted by atomic mass is 10.0. The molecule has 0 aliphatic carbocycles. The highest BCUT2D eigenvalue weighted by Gasteiger charge is 2.31. The molecule has 3 rings (SSSR count). The van der Waals surface area contributed by atoms with Gasteiger partial charge in [-0.15, -0.1) is 0 Å². The molecule has 2 aromatic rings. The van der Waals surface area contributed by atoms with Crippen molar-refractivity contribution in [2.75, 3.05) is 13.1 Å². The highest BCUT2D eigenvalue weighted by Crippen LogP contribution is 2.35. The third-order valence-corrected chi connectivity index (χ3v) is 4.66. The van der Waals surface area contributed by atoms with E-state index in [2.05, 4.69) is 28.9 Å². The van der Waals surface area contributed by atoms with Crippen LogP contribution in [0.3, 0.4) is 0 Å². The second kappa shape index (κ2) is 6.22. The van der Waals surface area contributed by atoms with E-state index < -0.39 is 6.10 Å². The lowest BCUT2D eigenvalue weighted by Gasteiger charge is -2.27. The van der Waals surface area contributed by atoms with E-state index in [0.717, 1.165) is 18.7 Å². The minimum absolute atomic E-state index is 0.376. The van der Waals surface area contributed by atoms with Crippen molar-refractivity contribution in [2.45, 2.75) is 45.4 Å². The van der Waals surface area contributed by atoms with Gasteiger partial charge in [0, 0.05) is 43.3 Å². The molecule has 120 valence electrons. The molecule has 0 amide bonds. The minimum atomic E-state index is -0.405. The molecule has 6 nitrogen and oxygen atoms in total. The predicted molar refractivity (Wildman–Crippen MR) is 84.5 cm³/mol. The monoisotopic (exact) mass is 303 g/mol. The summed E-state index contributed by atoms with van der Waals surface area (Å²) >= 11 is 0. The number of likely N-dealkylation sites (tertiary alicyclic amines) is 1. The van der Waals surface area contributed by atoms with Crippen molar-refractivity contribution in [3.8, 4) is 0 Å². The number of aliphatic hydroxyl groups is 1. The van der Waals surface area contributed by atoms with Crippen LogP contribution in [0, 0.1) is 13.8 Å². The summed E-state index contributed by atoms with van der Waals surface area (Å²) in [6.07, 6.45) is 5.54. The van der Waals surface area contributed by atoms with Gasteiger partial charge in [-0.1, -0.05) is 0 Å². The van der Waals surface area contributed by atoms with Crippen molar-refractivity contribution >= 4 is 0 Å². The molecule has 0 unspecified atom stereocenters. The molecule has 0 spiro atoms. The van der Waals surface area contributed by atoms with E-state index >= 15 is 0 Å². The zero-order chi connectivity index (χ0) is 15.7. The summed E-state index contributed by atoms with van der Waals surface area (Å²) in [4.78, 5) is 2.39. The molecule has 2 atom stereocenters. The van der Waals surface area contributed by atoms with Gasteiger partial charge < -0.3 is 5.11 Å². The first kappa shape index (κ1) is 15.2. The third-order valence-electron chi connectivity index (χ3n) is 4.66. The van der Waals surface area contributed by atoms with Crippen molar-refractivity contribution in [3.63, 3.8) is 0 Å². The first-order chi connectivity index (χ1) is 10.6. The molecule has 1 aliphatic rings. The van der Waals surface area contributed by atoms with Crippen LogP contribution in [0.2, 0.25) is 0 Å². The molecule has 22 heavy (non-hydrogen) atoms. The Kier molecular flexibility index (Phi) is 4.31. The molecular weight excluding hydrogens is 278 g/mol. The van der Waals surface area contributed by atoms with Gasteiger partial charge in [0.25, 0.3) is 0 Å². The average molecular weight is 303 g/mol. The molecule has 2 aromatic heterocycles. The van der Waals surface area contributed by atoms with Crippen molar-refractivity contribution in [1.82, 2.24) is 24.5 Å². The number of hydrogen-bond acceptors (Lipinski definition) is 4. The van der Waals surface area contributed by atoms with E-state index in [-0.39, 0.29) is 0 Å². The molecular formula is C16H25N5O. The maximum atomic E-state index is 10.4. The predicted octanol–water partition coefficient (Wildman–Crippen LogP) is 1.43. The Bertz CT molecular complexity index is 619. The molecule has 0 bridgehead atoms. The normalized spacial score (nSPS) is 20.6. The molecule has 6 heteroatoms. The zero-order valence-electron chi connectivity index (χ0n) is 13.6. The summed E-state index contributed by atoms with van der Waals surface area (Å²) in [5.74, 6) is 0. The van der Waals surface area contributed by atoms with E-state index in [4.69, 9.17) is 0 Å². The highest BCUT2D eigenvalue weighted by atomic mass is 16.3. The largest absolute Gasteiger partial charge is 0.390 e. The Morgan fingerprint density at radius 1 is 1.36 bits per heavy atom. The number of aliphatic hydroxyl groups excluding tert-OH is 1. The second-order valence-electron chi connectivity index (χ2n) is 6.24. The molecule has 3 heterocycles. The number of β-amino-alcohol motifs (C(OH)–C–C–N with tert-alkyl or cyclic N) is 1. The van der Waals surface area contributed by atoms with Crippen molar-refractivity contribution in [1.29, 1.82) is 0 Å². The van der Waals surface area contributed by atoms with Crippen LogP contribution in [-0.2, 0) is 13.6 Å². The lowest BCUT2D eigenvalue weighted by Crippen LogP contribution is -2.34. The molecule has 0 aromatic carbocycles. The lowest BCUT2D eigenvalue weighted by molar-refractivity contribution is 0.0888. The van der Waals surface area contributed by atoms with Gasteiger partial charge in [-0.05, 0) is 39.3 Å². The first-order valence-corrected chi connectivity index (χ1v) is 7.96. The Morgan fingerprint density at radius 3 is 2.82 bits per heavy atom. The zero-order valence-corrected chi connectivity index (χ0v) is 13.6. The van der Waals surface area contributed by atoms with Crippen LogP contribution < -0.4 is 0 Å². The van der Waals surface area contributed by atoms with Crippen LogP contribution in [0.1, 0.15) is 35.8 Å². The SMILES string of the molecule is Cc1nn(C)c(C)c1[C@H]1CCCN1C[C@H](O)Cn1cccn1. The summed E-state index contributed by atoms with van der Waals surface area (Å²) in [6.45, 7) is 6.47. The van der Waals surface area contributed by atoms with Gasteiger partial charge in [-0.3, -0.25) is 14.3 Å². The van der Waals surface area contributed by atoms with Gasteiger partial charge in [0.1, 0.15) is 0 Å². The van der Waals surface area contributed by atoms with Crippen LogP contribution >= 0.6 is 0 Å².